The molecule has 2 fully saturated rings. The molecule has 2 rings (SSSR count). The molecule has 0 aromatic heterocycles. The summed E-state index contributed by atoms with van der Waals surface area (Å²) < 4.78 is 0. The fourth-order valence-electron chi connectivity index (χ4n) is 1.64. The molecule has 0 bridgehead atoms. The topological polar surface area (TPSA) is 20.3 Å². The Bertz CT molecular complexity index is 199. The normalized spacial score (nSPS) is 21.6. The van der Waals surface area contributed by atoms with Gasteiger partial charge in [0.1, 0.15) is 0 Å². The van der Waals surface area contributed by atoms with Gasteiger partial charge in [0, 0.05) is 24.9 Å². The summed E-state index contributed by atoms with van der Waals surface area (Å²) in [6.07, 6.45) is 5.57. The van der Waals surface area contributed by atoms with E-state index in [1.807, 2.05) is 0 Å². The molecule has 0 aromatic rings. The van der Waals surface area contributed by atoms with Crippen LogP contribution in [0.1, 0.15) is 32.1 Å². The van der Waals surface area contributed by atoms with Gasteiger partial charge in [0.05, 0.1) is 0 Å². The van der Waals surface area contributed by atoms with Crippen LogP contribution in [0.3, 0.4) is 0 Å². The lowest BCUT2D eigenvalue weighted by Gasteiger charge is -2.21. The predicted octanol–water partition coefficient (Wildman–Crippen LogP) is 2.02. The van der Waals surface area contributed by atoms with E-state index in [1.54, 1.807) is 0 Å². The van der Waals surface area contributed by atoms with Crippen molar-refractivity contribution in [2.45, 2.75) is 38.1 Å². The van der Waals surface area contributed by atoms with Gasteiger partial charge in [-0.3, -0.25) is 4.79 Å². The molecule has 0 atom stereocenters. The maximum atomic E-state index is 11.6. The molecule has 0 saturated heterocycles. The lowest BCUT2D eigenvalue weighted by Crippen LogP contribution is -2.34. The third kappa shape index (κ3) is 2.60. The highest BCUT2D eigenvalue weighted by Crippen LogP contribution is 2.35. The Morgan fingerprint density at radius 3 is 2.46 bits per heavy atom. The molecule has 0 unspecified atom stereocenters. The van der Waals surface area contributed by atoms with Crippen LogP contribution in [0.15, 0.2) is 0 Å². The van der Waals surface area contributed by atoms with E-state index >= 15 is 0 Å². The Morgan fingerprint density at radius 1 is 1.31 bits per heavy atom. The molecular weight excluding hydrogens is 186 g/mol. The number of rotatable bonds is 5. The van der Waals surface area contributed by atoms with Crippen molar-refractivity contribution in [1.82, 2.24) is 4.90 Å². The molecule has 2 aliphatic rings. The van der Waals surface area contributed by atoms with Crippen LogP contribution in [-0.2, 0) is 4.79 Å². The number of hydrogen-bond donors (Lipinski definition) is 0. The van der Waals surface area contributed by atoms with Crippen LogP contribution in [0.4, 0.5) is 0 Å². The van der Waals surface area contributed by atoms with Gasteiger partial charge in [0.15, 0.2) is 0 Å². The number of hydrogen-bond acceptors (Lipinski definition) is 1. The summed E-state index contributed by atoms with van der Waals surface area (Å²) in [6, 6.07) is 0.566. The SMILES string of the molecule is O=C(CCCl)N(CC1CC1)C1CC1. The Kier molecular flexibility index (Phi) is 2.77. The molecule has 0 heterocycles. The fraction of sp³-hybridized carbons (Fsp3) is 0.900. The van der Waals surface area contributed by atoms with E-state index in [1.165, 1.54) is 25.7 Å². The molecule has 0 N–H and O–H groups in total. The van der Waals surface area contributed by atoms with Gasteiger partial charge in [0.2, 0.25) is 5.91 Å². The van der Waals surface area contributed by atoms with Crippen LogP contribution in [0, 0.1) is 5.92 Å². The third-order valence-electron chi connectivity index (χ3n) is 2.77. The second kappa shape index (κ2) is 3.87. The molecule has 13 heavy (non-hydrogen) atoms. The van der Waals surface area contributed by atoms with Crippen molar-refractivity contribution in [3.05, 3.63) is 0 Å². The molecule has 74 valence electrons. The first kappa shape index (κ1) is 9.32. The lowest BCUT2D eigenvalue weighted by molar-refractivity contribution is -0.131. The molecule has 3 heteroatoms. The molecule has 0 spiro atoms. The monoisotopic (exact) mass is 201 g/mol. The van der Waals surface area contributed by atoms with Gasteiger partial charge in [-0.1, -0.05) is 0 Å². The summed E-state index contributed by atoms with van der Waals surface area (Å²) >= 11 is 5.57. The summed E-state index contributed by atoms with van der Waals surface area (Å²) in [4.78, 5) is 13.7. The van der Waals surface area contributed by atoms with Gasteiger partial charge in [0.25, 0.3) is 0 Å². The Balaban J connectivity index is 1.83. The minimum absolute atomic E-state index is 0.268. The first-order chi connectivity index (χ1) is 6.31. The highest BCUT2D eigenvalue weighted by atomic mass is 35.5. The van der Waals surface area contributed by atoms with Crippen molar-refractivity contribution in [2.75, 3.05) is 12.4 Å². The van der Waals surface area contributed by atoms with E-state index in [0.717, 1.165) is 12.5 Å². The van der Waals surface area contributed by atoms with Gasteiger partial charge in [-0.25, -0.2) is 0 Å². The zero-order chi connectivity index (χ0) is 9.26. The van der Waals surface area contributed by atoms with Crippen molar-refractivity contribution in [2.24, 2.45) is 5.92 Å². The minimum Gasteiger partial charge on any atom is -0.339 e. The van der Waals surface area contributed by atoms with Crippen LogP contribution in [0.2, 0.25) is 0 Å². The zero-order valence-corrected chi connectivity index (χ0v) is 8.59. The van der Waals surface area contributed by atoms with Gasteiger partial charge in [-0.2, -0.15) is 0 Å². The molecule has 1 amide bonds. The Morgan fingerprint density at radius 2 is 2.00 bits per heavy atom. The molecule has 2 saturated carbocycles. The number of amides is 1. The quantitative estimate of drug-likeness (QED) is 0.624. The average Bonchev–Trinajstić information content (AvgIpc) is 2.95. The average molecular weight is 202 g/mol. The molecule has 0 radical (unpaired) electrons. The summed E-state index contributed by atoms with van der Waals surface area (Å²) in [6.45, 7) is 1.00. The van der Waals surface area contributed by atoms with Crippen molar-refractivity contribution < 1.29 is 4.79 Å². The van der Waals surface area contributed by atoms with Gasteiger partial charge >= 0.3 is 0 Å². The fourth-order valence-corrected chi connectivity index (χ4v) is 1.81. The summed E-state index contributed by atoms with van der Waals surface area (Å²) in [5, 5.41) is 0. The molecule has 0 aliphatic heterocycles. The van der Waals surface area contributed by atoms with E-state index in [9.17, 15) is 4.79 Å². The Hall–Kier alpha value is -0.240. The number of halogens is 1. The number of carbonyl (C=O) groups is 1. The molecule has 2 nitrogen and oxygen atoms in total. The number of alkyl halides is 1. The summed E-state index contributed by atoms with van der Waals surface area (Å²) in [5.74, 6) is 1.54. The largest absolute Gasteiger partial charge is 0.339 e. The van der Waals surface area contributed by atoms with E-state index in [-0.39, 0.29) is 5.91 Å². The number of carbonyl (C=O) groups excluding carboxylic acids is 1. The Labute approximate surface area is 84.2 Å². The van der Waals surface area contributed by atoms with Gasteiger partial charge in [-0.05, 0) is 31.6 Å². The standard InChI is InChI=1S/C10H16ClNO/c11-6-5-10(13)12(9-3-4-9)7-8-1-2-8/h8-9H,1-7H2. The van der Waals surface area contributed by atoms with Crippen molar-refractivity contribution in [1.29, 1.82) is 0 Å². The predicted molar refractivity (Wildman–Crippen MR) is 52.8 cm³/mol. The lowest BCUT2D eigenvalue weighted by atomic mass is 10.3. The molecule has 0 aromatic carbocycles. The smallest absolute Gasteiger partial charge is 0.224 e. The summed E-state index contributed by atoms with van der Waals surface area (Å²) in [5.41, 5.74) is 0. The highest BCUT2D eigenvalue weighted by molar-refractivity contribution is 6.18. The van der Waals surface area contributed by atoms with Gasteiger partial charge in [-0.15, -0.1) is 11.6 Å². The van der Waals surface area contributed by atoms with E-state index in [4.69, 9.17) is 11.6 Å². The third-order valence-corrected chi connectivity index (χ3v) is 2.96. The van der Waals surface area contributed by atoms with Gasteiger partial charge < -0.3 is 4.90 Å². The van der Waals surface area contributed by atoms with Crippen molar-refractivity contribution in [3.63, 3.8) is 0 Å². The number of nitrogens with zero attached hydrogens (tertiary/aromatic N) is 1. The van der Waals surface area contributed by atoms with E-state index < -0.39 is 0 Å². The van der Waals surface area contributed by atoms with E-state index in [2.05, 4.69) is 4.90 Å². The second-order valence-electron chi connectivity index (χ2n) is 4.16. The first-order valence-corrected chi connectivity index (χ1v) is 5.70. The molecular formula is C10H16ClNO. The first-order valence-electron chi connectivity index (χ1n) is 5.16. The zero-order valence-electron chi connectivity index (χ0n) is 7.84. The van der Waals surface area contributed by atoms with E-state index in [0.29, 0.717) is 18.3 Å². The van der Waals surface area contributed by atoms with Crippen LogP contribution in [-0.4, -0.2) is 29.3 Å². The maximum Gasteiger partial charge on any atom is 0.224 e. The van der Waals surface area contributed by atoms with Crippen LogP contribution in [0.5, 0.6) is 0 Å². The van der Waals surface area contributed by atoms with Crippen molar-refractivity contribution >= 4 is 17.5 Å². The second-order valence-corrected chi connectivity index (χ2v) is 4.54. The highest BCUT2D eigenvalue weighted by Gasteiger charge is 2.35. The van der Waals surface area contributed by atoms with Crippen LogP contribution in [0.25, 0.3) is 0 Å². The van der Waals surface area contributed by atoms with Crippen LogP contribution >= 0.6 is 11.6 Å². The van der Waals surface area contributed by atoms with Crippen molar-refractivity contribution in [3.8, 4) is 0 Å². The summed E-state index contributed by atoms with van der Waals surface area (Å²) in [7, 11) is 0. The molecule has 2 aliphatic carbocycles. The maximum absolute atomic E-state index is 11.6. The minimum atomic E-state index is 0.268. The van der Waals surface area contributed by atoms with Crippen LogP contribution < -0.4 is 0 Å².